The van der Waals surface area contributed by atoms with Gasteiger partial charge in [0, 0.05) is 0 Å². The summed E-state index contributed by atoms with van der Waals surface area (Å²) in [5.41, 5.74) is 1.71. The molecule has 0 heterocycles. The van der Waals surface area contributed by atoms with Crippen LogP contribution in [-0.2, 0) is 0 Å². The molecule has 0 radical (unpaired) electrons. The van der Waals surface area contributed by atoms with E-state index in [-0.39, 0.29) is 0 Å². The van der Waals surface area contributed by atoms with Crippen LogP contribution in [0.2, 0.25) is 0 Å². The molecule has 0 heteroatoms. The molecule has 0 N–H and O–H groups in total. The van der Waals surface area contributed by atoms with Gasteiger partial charge in [0.15, 0.2) is 0 Å². The fourth-order valence-corrected chi connectivity index (χ4v) is 1.33. The van der Waals surface area contributed by atoms with Gasteiger partial charge in [-0.15, -0.1) is 0 Å². The molecule has 64 valence electrons. The Morgan fingerprint density at radius 2 is 1.82 bits per heavy atom. The van der Waals surface area contributed by atoms with Gasteiger partial charge in [-0.05, 0) is 25.7 Å². The number of rotatable bonds is 6. The Morgan fingerprint density at radius 3 is 2.45 bits per heavy atom. The largest absolute Gasteiger partial charge is 0.0853 e. The Kier molecular flexibility index (Phi) is 4.33. The van der Waals surface area contributed by atoms with Crippen LogP contribution in [0.25, 0.3) is 0 Å². The van der Waals surface area contributed by atoms with Crippen LogP contribution in [0.1, 0.15) is 58.3 Å². The molecule has 1 aliphatic carbocycles. The Bertz CT molecular complexity index is 116. The van der Waals surface area contributed by atoms with Gasteiger partial charge in [0.1, 0.15) is 0 Å². The SMILES string of the molecule is CCCCCCCC=C1CC1. The highest BCUT2D eigenvalue weighted by Crippen LogP contribution is 2.28. The maximum atomic E-state index is 2.45. The van der Waals surface area contributed by atoms with Crippen LogP contribution in [0.5, 0.6) is 0 Å². The minimum absolute atomic E-state index is 1.35. The Labute approximate surface area is 70.7 Å². The molecule has 0 spiro atoms. The molecule has 0 aromatic carbocycles. The van der Waals surface area contributed by atoms with Crippen LogP contribution in [0.3, 0.4) is 0 Å². The molecule has 0 nitrogen and oxygen atoms in total. The molecule has 1 fully saturated rings. The smallest absolute Gasteiger partial charge is 0.0283 e. The van der Waals surface area contributed by atoms with Crippen molar-refractivity contribution >= 4 is 0 Å². The van der Waals surface area contributed by atoms with E-state index < -0.39 is 0 Å². The van der Waals surface area contributed by atoms with E-state index in [1.165, 1.54) is 51.4 Å². The molecule has 0 aliphatic heterocycles. The Hall–Kier alpha value is -0.260. The molecule has 1 saturated carbocycles. The van der Waals surface area contributed by atoms with E-state index in [1.807, 2.05) is 0 Å². The summed E-state index contributed by atoms with van der Waals surface area (Å²) in [7, 11) is 0. The molecular formula is C11H20. The number of unbranched alkanes of at least 4 members (excludes halogenated alkanes) is 5. The molecule has 0 unspecified atom stereocenters. The third kappa shape index (κ3) is 5.06. The fourth-order valence-electron chi connectivity index (χ4n) is 1.33. The van der Waals surface area contributed by atoms with Crippen molar-refractivity contribution in [2.75, 3.05) is 0 Å². The average Bonchev–Trinajstić information content (AvgIpc) is 2.80. The van der Waals surface area contributed by atoms with Crippen molar-refractivity contribution in [3.05, 3.63) is 11.6 Å². The van der Waals surface area contributed by atoms with Crippen molar-refractivity contribution in [2.24, 2.45) is 0 Å². The summed E-state index contributed by atoms with van der Waals surface area (Å²) in [5, 5.41) is 0. The van der Waals surface area contributed by atoms with Gasteiger partial charge in [0.05, 0.1) is 0 Å². The lowest BCUT2D eigenvalue weighted by Gasteiger charge is -1.95. The summed E-state index contributed by atoms with van der Waals surface area (Å²) in [5.74, 6) is 0. The second-order valence-electron chi connectivity index (χ2n) is 3.57. The maximum Gasteiger partial charge on any atom is -0.0283 e. The van der Waals surface area contributed by atoms with Crippen molar-refractivity contribution in [1.29, 1.82) is 0 Å². The van der Waals surface area contributed by atoms with Crippen molar-refractivity contribution in [1.82, 2.24) is 0 Å². The highest BCUT2D eigenvalue weighted by atomic mass is 14.1. The standard InChI is InChI=1S/C11H20/c1-2-3-4-5-6-7-8-11-9-10-11/h8H,2-7,9-10H2,1H3. The third-order valence-corrected chi connectivity index (χ3v) is 2.28. The lowest BCUT2D eigenvalue weighted by molar-refractivity contribution is 0.637. The molecule has 11 heavy (non-hydrogen) atoms. The molecular weight excluding hydrogens is 132 g/mol. The van der Waals surface area contributed by atoms with Crippen LogP contribution in [0.4, 0.5) is 0 Å². The van der Waals surface area contributed by atoms with E-state index in [4.69, 9.17) is 0 Å². The normalized spacial score (nSPS) is 15.2. The molecule has 1 aliphatic rings. The summed E-state index contributed by atoms with van der Waals surface area (Å²) in [6.45, 7) is 2.27. The first kappa shape index (κ1) is 8.83. The van der Waals surface area contributed by atoms with E-state index in [0.29, 0.717) is 0 Å². The maximum absolute atomic E-state index is 2.45. The first-order chi connectivity index (χ1) is 5.43. The van der Waals surface area contributed by atoms with Gasteiger partial charge in [-0.1, -0.05) is 44.3 Å². The van der Waals surface area contributed by atoms with Gasteiger partial charge in [0.2, 0.25) is 0 Å². The fraction of sp³-hybridized carbons (Fsp3) is 0.818. The predicted octanol–water partition coefficient (Wildman–Crippen LogP) is 4.07. The minimum Gasteiger partial charge on any atom is -0.0853 e. The second-order valence-corrected chi connectivity index (χ2v) is 3.57. The van der Waals surface area contributed by atoms with Crippen molar-refractivity contribution in [2.45, 2.75) is 58.3 Å². The predicted molar refractivity (Wildman–Crippen MR) is 50.7 cm³/mol. The summed E-state index contributed by atoms with van der Waals surface area (Å²) in [4.78, 5) is 0. The monoisotopic (exact) mass is 152 g/mol. The van der Waals surface area contributed by atoms with Crippen LogP contribution in [0.15, 0.2) is 11.6 Å². The van der Waals surface area contributed by atoms with Gasteiger partial charge in [-0.3, -0.25) is 0 Å². The van der Waals surface area contributed by atoms with Crippen molar-refractivity contribution in [3.8, 4) is 0 Å². The lowest BCUT2D eigenvalue weighted by Crippen LogP contribution is -1.75. The van der Waals surface area contributed by atoms with Gasteiger partial charge in [0.25, 0.3) is 0 Å². The number of allylic oxidation sites excluding steroid dienone is 2. The first-order valence-corrected chi connectivity index (χ1v) is 5.11. The van der Waals surface area contributed by atoms with Crippen LogP contribution in [-0.4, -0.2) is 0 Å². The third-order valence-electron chi connectivity index (χ3n) is 2.28. The van der Waals surface area contributed by atoms with E-state index in [9.17, 15) is 0 Å². The quantitative estimate of drug-likeness (QED) is 0.397. The first-order valence-electron chi connectivity index (χ1n) is 5.11. The lowest BCUT2D eigenvalue weighted by atomic mass is 10.1. The molecule has 0 aromatic rings. The zero-order chi connectivity index (χ0) is 7.94. The van der Waals surface area contributed by atoms with Crippen molar-refractivity contribution < 1.29 is 0 Å². The molecule has 0 atom stereocenters. The molecule has 1 rings (SSSR count). The van der Waals surface area contributed by atoms with Gasteiger partial charge in [-0.25, -0.2) is 0 Å². The summed E-state index contributed by atoms with van der Waals surface area (Å²) in [6, 6.07) is 0. The van der Waals surface area contributed by atoms with Crippen molar-refractivity contribution in [3.63, 3.8) is 0 Å². The van der Waals surface area contributed by atoms with Gasteiger partial charge < -0.3 is 0 Å². The van der Waals surface area contributed by atoms with E-state index in [1.54, 1.807) is 5.57 Å². The zero-order valence-corrected chi connectivity index (χ0v) is 7.73. The van der Waals surface area contributed by atoms with E-state index in [0.717, 1.165) is 0 Å². The Morgan fingerprint density at radius 1 is 1.09 bits per heavy atom. The highest BCUT2D eigenvalue weighted by molar-refractivity contribution is 5.15. The number of hydrogen-bond acceptors (Lipinski definition) is 0. The summed E-state index contributed by atoms with van der Waals surface area (Å²) < 4.78 is 0. The summed E-state index contributed by atoms with van der Waals surface area (Å²) in [6.07, 6.45) is 13.7. The van der Waals surface area contributed by atoms with Gasteiger partial charge in [-0.2, -0.15) is 0 Å². The second kappa shape index (κ2) is 5.40. The van der Waals surface area contributed by atoms with Crippen LogP contribution in [0, 0.1) is 0 Å². The van der Waals surface area contributed by atoms with E-state index >= 15 is 0 Å². The van der Waals surface area contributed by atoms with Gasteiger partial charge >= 0.3 is 0 Å². The molecule has 0 aromatic heterocycles. The van der Waals surface area contributed by atoms with Crippen LogP contribution < -0.4 is 0 Å². The Balaban J connectivity index is 1.77. The zero-order valence-electron chi connectivity index (χ0n) is 7.73. The van der Waals surface area contributed by atoms with E-state index in [2.05, 4.69) is 13.0 Å². The minimum atomic E-state index is 1.35. The van der Waals surface area contributed by atoms with Crippen LogP contribution >= 0.6 is 0 Å². The average molecular weight is 152 g/mol. The molecule has 0 amide bonds. The topological polar surface area (TPSA) is 0 Å². The molecule has 0 saturated heterocycles. The number of hydrogen-bond donors (Lipinski definition) is 0. The highest BCUT2D eigenvalue weighted by Gasteiger charge is 2.08. The molecule has 0 bridgehead atoms. The summed E-state index contributed by atoms with van der Waals surface area (Å²) >= 11 is 0.